The second-order valence-corrected chi connectivity index (χ2v) is 3.54. The van der Waals surface area contributed by atoms with Gasteiger partial charge in [-0.25, -0.2) is 0 Å². The minimum absolute atomic E-state index is 0.713. The van der Waals surface area contributed by atoms with Gasteiger partial charge in [-0.3, -0.25) is 0 Å². The molecule has 1 unspecified atom stereocenters. The molecule has 0 radical (unpaired) electrons. The Morgan fingerprint density at radius 1 is 1.30 bits per heavy atom. The zero-order chi connectivity index (χ0) is 8.15. The Morgan fingerprint density at radius 2 is 1.80 bits per heavy atom. The lowest BCUT2D eigenvalue weighted by Gasteiger charge is -2.14. The third-order valence-corrected chi connectivity index (χ3v) is 1.98. The molecule has 0 spiro atoms. The highest BCUT2D eigenvalue weighted by Gasteiger charge is 2.06. The van der Waals surface area contributed by atoms with E-state index in [-0.39, 0.29) is 0 Å². The fraction of sp³-hybridized carbons (Fsp3) is 0.800. The normalized spacial score (nSPS) is 13.7. The van der Waals surface area contributed by atoms with E-state index in [0.29, 0.717) is 5.92 Å². The molecule has 0 N–H and O–H groups in total. The maximum atomic E-state index is 4.03. The summed E-state index contributed by atoms with van der Waals surface area (Å²) in [6, 6.07) is 0. The lowest BCUT2D eigenvalue weighted by molar-refractivity contribution is 0.479. The van der Waals surface area contributed by atoms with E-state index in [2.05, 4.69) is 34.3 Å². The molecule has 0 fully saturated rings. The highest BCUT2D eigenvalue weighted by molar-refractivity contribution is 4.97. The van der Waals surface area contributed by atoms with E-state index in [9.17, 15) is 0 Å². The molecule has 0 heterocycles. The summed E-state index contributed by atoms with van der Waals surface area (Å²) >= 11 is 0. The molecule has 0 nitrogen and oxygen atoms in total. The van der Waals surface area contributed by atoms with Crippen molar-refractivity contribution >= 4 is 0 Å². The van der Waals surface area contributed by atoms with Crippen LogP contribution >= 0.6 is 0 Å². The molecular formula is C10H20. The van der Waals surface area contributed by atoms with Gasteiger partial charge in [-0.05, 0) is 24.7 Å². The summed E-state index contributed by atoms with van der Waals surface area (Å²) in [5, 5.41) is 0. The first-order chi connectivity index (χ1) is 4.57. The van der Waals surface area contributed by atoms with Crippen LogP contribution in [-0.2, 0) is 0 Å². The highest BCUT2D eigenvalue weighted by Crippen LogP contribution is 2.19. The summed E-state index contributed by atoms with van der Waals surface area (Å²) in [6.07, 6.45) is 2.42. The average Bonchev–Trinajstić information content (AvgIpc) is 1.85. The van der Waals surface area contributed by atoms with Crippen molar-refractivity contribution in [3.8, 4) is 0 Å². The van der Waals surface area contributed by atoms with Crippen molar-refractivity contribution in [2.24, 2.45) is 11.8 Å². The molecule has 0 rings (SSSR count). The van der Waals surface area contributed by atoms with Gasteiger partial charge in [-0.15, -0.1) is 0 Å². The van der Waals surface area contributed by atoms with Gasteiger partial charge < -0.3 is 0 Å². The fourth-order valence-electron chi connectivity index (χ4n) is 1.22. The Kier molecular flexibility index (Phi) is 4.42. The first kappa shape index (κ1) is 9.74. The first-order valence-electron chi connectivity index (χ1n) is 4.25. The predicted octanol–water partition coefficient (Wildman–Crippen LogP) is 3.63. The molecule has 0 aromatic rings. The van der Waals surface area contributed by atoms with Gasteiger partial charge in [0.15, 0.2) is 0 Å². The van der Waals surface area contributed by atoms with Gasteiger partial charge in [0.25, 0.3) is 0 Å². The van der Waals surface area contributed by atoms with Crippen molar-refractivity contribution in [2.45, 2.75) is 40.5 Å². The Morgan fingerprint density at radius 3 is 2.10 bits per heavy atom. The molecular weight excluding hydrogens is 120 g/mol. The van der Waals surface area contributed by atoms with E-state index in [0.717, 1.165) is 12.3 Å². The van der Waals surface area contributed by atoms with Crippen LogP contribution in [0.1, 0.15) is 40.5 Å². The minimum Gasteiger partial charge on any atom is -0.0996 e. The zero-order valence-corrected chi connectivity index (χ0v) is 7.78. The molecule has 0 aromatic heterocycles. The zero-order valence-electron chi connectivity index (χ0n) is 7.78. The molecule has 0 aliphatic carbocycles. The molecule has 0 bridgehead atoms. The second kappa shape index (κ2) is 4.54. The van der Waals surface area contributed by atoms with E-state index in [1.165, 1.54) is 12.0 Å². The van der Waals surface area contributed by atoms with Gasteiger partial charge in [0, 0.05) is 0 Å². The van der Waals surface area contributed by atoms with Crippen molar-refractivity contribution < 1.29 is 0 Å². The summed E-state index contributed by atoms with van der Waals surface area (Å²) in [5.74, 6) is 1.52. The van der Waals surface area contributed by atoms with Gasteiger partial charge in [-0.1, -0.05) is 39.8 Å². The molecule has 0 heteroatoms. The first-order valence-corrected chi connectivity index (χ1v) is 4.25. The van der Waals surface area contributed by atoms with Crippen molar-refractivity contribution in [3.63, 3.8) is 0 Å². The van der Waals surface area contributed by atoms with Crippen LogP contribution in [0.5, 0.6) is 0 Å². The molecule has 10 heavy (non-hydrogen) atoms. The minimum atomic E-state index is 0.713. The van der Waals surface area contributed by atoms with Gasteiger partial charge in [0.05, 0.1) is 0 Å². The summed E-state index contributed by atoms with van der Waals surface area (Å²) in [5.41, 5.74) is 1.40. The Hall–Kier alpha value is -0.260. The van der Waals surface area contributed by atoms with Gasteiger partial charge in [0.1, 0.15) is 0 Å². The van der Waals surface area contributed by atoms with Gasteiger partial charge in [0.2, 0.25) is 0 Å². The number of allylic oxidation sites excluding steroid dienone is 1. The Balaban J connectivity index is 3.61. The number of hydrogen-bond donors (Lipinski definition) is 0. The molecule has 1 atom stereocenters. The lowest BCUT2D eigenvalue weighted by Crippen LogP contribution is -2.01. The fourth-order valence-corrected chi connectivity index (χ4v) is 1.22. The largest absolute Gasteiger partial charge is 0.0996 e. The summed E-state index contributed by atoms with van der Waals surface area (Å²) in [7, 11) is 0. The third kappa shape index (κ3) is 3.71. The van der Waals surface area contributed by atoms with Gasteiger partial charge >= 0.3 is 0 Å². The standard InChI is InChI=1S/C10H20/c1-6-9(4)10(5)7-8(2)3/h8,10H,4,6-7H2,1-3,5H3. The van der Waals surface area contributed by atoms with E-state index in [1.54, 1.807) is 0 Å². The van der Waals surface area contributed by atoms with Crippen LogP contribution < -0.4 is 0 Å². The third-order valence-electron chi connectivity index (χ3n) is 1.98. The van der Waals surface area contributed by atoms with E-state index < -0.39 is 0 Å². The lowest BCUT2D eigenvalue weighted by atomic mass is 9.91. The molecule has 0 aliphatic rings. The van der Waals surface area contributed by atoms with Crippen LogP contribution in [0.15, 0.2) is 12.2 Å². The van der Waals surface area contributed by atoms with E-state index in [1.807, 2.05) is 0 Å². The van der Waals surface area contributed by atoms with Crippen molar-refractivity contribution in [1.29, 1.82) is 0 Å². The summed E-state index contributed by atoms with van der Waals surface area (Å²) in [4.78, 5) is 0. The monoisotopic (exact) mass is 140 g/mol. The summed E-state index contributed by atoms with van der Waals surface area (Å²) in [6.45, 7) is 13.0. The van der Waals surface area contributed by atoms with Crippen LogP contribution in [0.25, 0.3) is 0 Å². The van der Waals surface area contributed by atoms with Crippen LogP contribution in [0, 0.1) is 11.8 Å². The summed E-state index contributed by atoms with van der Waals surface area (Å²) < 4.78 is 0. The van der Waals surface area contributed by atoms with Crippen LogP contribution in [0.4, 0.5) is 0 Å². The molecule has 0 aliphatic heterocycles. The second-order valence-electron chi connectivity index (χ2n) is 3.54. The van der Waals surface area contributed by atoms with Gasteiger partial charge in [-0.2, -0.15) is 0 Å². The highest BCUT2D eigenvalue weighted by atomic mass is 14.1. The smallest absolute Gasteiger partial charge is 0.0232 e. The topological polar surface area (TPSA) is 0 Å². The van der Waals surface area contributed by atoms with Crippen LogP contribution in [-0.4, -0.2) is 0 Å². The Bertz CT molecular complexity index is 101. The predicted molar refractivity (Wildman–Crippen MR) is 48.1 cm³/mol. The molecule has 0 amide bonds. The number of hydrogen-bond acceptors (Lipinski definition) is 0. The maximum absolute atomic E-state index is 4.03. The SMILES string of the molecule is C=C(CC)C(C)CC(C)C. The Labute approximate surface area is 65.3 Å². The van der Waals surface area contributed by atoms with Crippen molar-refractivity contribution in [1.82, 2.24) is 0 Å². The van der Waals surface area contributed by atoms with Crippen LogP contribution in [0.2, 0.25) is 0 Å². The average molecular weight is 140 g/mol. The van der Waals surface area contributed by atoms with Crippen molar-refractivity contribution in [2.75, 3.05) is 0 Å². The van der Waals surface area contributed by atoms with E-state index >= 15 is 0 Å². The molecule has 0 aromatic carbocycles. The molecule has 0 saturated heterocycles. The van der Waals surface area contributed by atoms with Crippen LogP contribution in [0.3, 0.4) is 0 Å². The number of rotatable bonds is 4. The molecule has 60 valence electrons. The van der Waals surface area contributed by atoms with E-state index in [4.69, 9.17) is 0 Å². The quantitative estimate of drug-likeness (QED) is 0.523. The maximum Gasteiger partial charge on any atom is -0.0232 e. The molecule has 0 saturated carbocycles. The van der Waals surface area contributed by atoms with Crippen molar-refractivity contribution in [3.05, 3.63) is 12.2 Å².